The second kappa shape index (κ2) is 8.72. The summed E-state index contributed by atoms with van der Waals surface area (Å²) in [5, 5.41) is 21.2. The molecule has 8 heteroatoms. The predicted octanol–water partition coefficient (Wildman–Crippen LogP) is 3.86. The van der Waals surface area contributed by atoms with Gasteiger partial charge in [-0.25, -0.2) is 0 Å². The summed E-state index contributed by atoms with van der Waals surface area (Å²) in [7, 11) is 3.40. The Balaban J connectivity index is 1.71. The van der Waals surface area contributed by atoms with Crippen molar-refractivity contribution in [1.29, 1.82) is 0 Å². The third-order valence-electron chi connectivity index (χ3n) is 6.33. The molecule has 2 N–H and O–H groups in total. The number of fused-ring (bicyclic) bond motifs is 1. The van der Waals surface area contributed by atoms with Crippen LogP contribution in [0.1, 0.15) is 17.2 Å². The van der Waals surface area contributed by atoms with E-state index < -0.39 is 17.7 Å². The largest absolute Gasteiger partial charge is 0.508 e. The molecule has 2 aliphatic heterocycles. The summed E-state index contributed by atoms with van der Waals surface area (Å²) in [6.07, 6.45) is 0. The Bertz CT molecular complexity index is 1350. The number of methoxy groups -OCH3 is 1. The summed E-state index contributed by atoms with van der Waals surface area (Å²) >= 11 is 0. The minimum atomic E-state index is -0.933. The molecule has 0 bridgehead atoms. The summed E-state index contributed by atoms with van der Waals surface area (Å²) in [5.41, 5.74) is 2.06. The van der Waals surface area contributed by atoms with Crippen LogP contribution in [0.15, 0.2) is 72.3 Å². The molecule has 0 spiro atoms. The molecule has 0 radical (unpaired) electrons. The van der Waals surface area contributed by atoms with Crippen molar-refractivity contribution in [2.24, 2.45) is 0 Å². The fraction of sp³-hybridized carbons (Fsp3) is 0.185. The molecule has 1 fully saturated rings. The number of aliphatic hydroxyl groups is 1. The van der Waals surface area contributed by atoms with Crippen molar-refractivity contribution in [3.63, 3.8) is 0 Å². The molecule has 1 amide bonds. The number of ketones is 1. The van der Waals surface area contributed by atoms with Crippen LogP contribution in [0.3, 0.4) is 0 Å². The van der Waals surface area contributed by atoms with E-state index in [9.17, 15) is 19.8 Å². The number of aromatic hydroxyl groups is 1. The quantitative estimate of drug-likeness (QED) is 0.338. The van der Waals surface area contributed by atoms with Gasteiger partial charge in [-0.3, -0.25) is 14.5 Å². The van der Waals surface area contributed by atoms with Gasteiger partial charge in [-0.15, -0.1) is 0 Å². The standard InChI is InChI=1S/C27H24N2O6/c1-28-13-14-35-22-12-9-17(15-20(22)28)25(31)23-24(16-7-10-18(30)11-8-16)29(27(33)26(23)32)19-5-3-4-6-21(19)34-2/h3-12,15,24,30-31H,13-14H2,1-2H3/b25-23-. The van der Waals surface area contributed by atoms with E-state index in [4.69, 9.17) is 9.47 Å². The highest BCUT2D eigenvalue weighted by molar-refractivity contribution is 6.52. The molecule has 1 atom stereocenters. The Morgan fingerprint density at radius 1 is 1.03 bits per heavy atom. The maximum atomic E-state index is 13.4. The summed E-state index contributed by atoms with van der Waals surface area (Å²) in [4.78, 5) is 30.1. The lowest BCUT2D eigenvalue weighted by Crippen LogP contribution is -2.29. The van der Waals surface area contributed by atoms with Crippen LogP contribution in [0.4, 0.5) is 11.4 Å². The van der Waals surface area contributed by atoms with Crippen LogP contribution in [-0.4, -0.2) is 49.2 Å². The molecule has 5 rings (SSSR count). The molecule has 1 unspecified atom stereocenters. The maximum absolute atomic E-state index is 13.4. The van der Waals surface area contributed by atoms with Crippen molar-refractivity contribution >= 4 is 28.8 Å². The van der Waals surface area contributed by atoms with Crippen LogP contribution in [0.5, 0.6) is 17.2 Å². The molecule has 1 saturated heterocycles. The van der Waals surface area contributed by atoms with Gasteiger partial charge in [0.1, 0.15) is 29.6 Å². The van der Waals surface area contributed by atoms with Gasteiger partial charge in [0, 0.05) is 12.6 Å². The number of ether oxygens (including phenoxy) is 2. The van der Waals surface area contributed by atoms with E-state index in [0.29, 0.717) is 41.5 Å². The lowest BCUT2D eigenvalue weighted by Gasteiger charge is -2.28. The number of Topliss-reactive ketones (excluding diaryl/α,β-unsaturated/α-hetero) is 1. The number of anilines is 2. The number of hydrogen-bond donors (Lipinski definition) is 2. The van der Waals surface area contributed by atoms with Crippen LogP contribution in [-0.2, 0) is 9.59 Å². The molecule has 0 aromatic heterocycles. The number of likely N-dealkylation sites (N-methyl/N-ethyl adjacent to an activating group) is 1. The Kier molecular flexibility index (Phi) is 5.56. The van der Waals surface area contributed by atoms with Gasteiger partial charge >= 0.3 is 0 Å². The highest BCUT2D eigenvalue weighted by atomic mass is 16.5. The van der Waals surface area contributed by atoms with Crippen molar-refractivity contribution in [3.05, 3.63) is 83.4 Å². The fourth-order valence-electron chi connectivity index (χ4n) is 4.54. The normalized spacial score (nSPS) is 18.9. The van der Waals surface area contributed by atoms with Crippen molar-refractivity contribution in [1.82, 2.24) is 0 Å². The molecule has 2 aliphatic rings. The van der Waals surface area contributed by atoms with Crippen molar-refractivity contribution < 1.29 is 29.3 Å². The van der Waals surface area contributed by atoms with Gasteiger partial charge in [-0.1, -0.05) is 24.3 Å². The predicted molar refractivity (Wildman–Crippen MR) is 131 cm³/mol. The average molecular weight is 472 g/mol. The van der Waals surface area contributed by atoms with E-state index in [1.807, 2.05) is 11.9 Å². The minimum absolute atomic E-state index is 0.0423. The Labute approximate surface area is 202 Å². The monoisotopic (exact) mass is 472 g/mol. The zero-order valence-corrected chi connectivity index (χ0v) is 19.3. The number of rotatable bonds is 4. The third-order valence-corrected chi connectivity index (χ3v) is 6.33. The average Bonchev–Trinajstić information content (AvgIpc) is 3.14. The summed E-state index contributed by atoms with van der Waals surface area (Å²) in [5.74, 6) is -0.756. The van der Waals surface area contributed by atoms with Gasteiger partial charge in [0.05, 0.1) is 36.6 Å². The first-order chi connectivity index (χ1) is 16.9. The zero-order chi connectivity index (χ0) is 24.7. The van der Waals surface area contributed by atoms with E-state index in [1.165, 1.54) is 24.1 Å². The van der Waals surface area contributed by atoms with E-state index in [0.717, 1.165) is 5.69 Å². The molecule has 0 saturated carbocycles. The summed E-state index contributed by atoms with van der Waals surface area (Å²) in [6.45, 7) is 1.24. The van der Waals surface area contributed by atoms with E-state index in [1.54, 1.807) is 54.6 Å². The van der Waals surface area contributed by atoms with Crippen molar-refractivity contribution in [2.45, 2.75) is 6.04 Å². The first-order valence-electron chi connectivity index (χ1n) is 11.1. The number of benzene rings is 3. The second-order valence-corrected chi connectivity index (χ2v) is 8.38. The van der Waals surface area contributed by atoms with Crippen LogP contribution in [0, 0.1) is 0 Å². The summed E-state index contributed by atoms with van der Waals surface area (Å²) < 4.78 is 11.1. The van der Waals surface area contributed by atoms with Crippen molar-refractivity contribution in [2.75, 3.05) is 37.1 Å². The highest BCUT2D eigenvalue weighted by Gasteiger charge is 2.47. The number of phenols is 1. The summed E-state index contributed by atoms with van der Waals surface area (Å²) in [6, 6.07) is 17.3. The molecule has 35 heavy (non-hydrogen) atoms. The molecule has 3 aromatic carbocycles. The maximum Gasteiger partial charge on any atom is 0.300 e. The molecular formula is C27H24N2O6. The number of para-hydroxylation sites is 2. The zero-order valence-electron chi connectivity index (χ0n) is 19.3. The van der Waals surface area contributed by atoms with Crippen LogP contribution >= 0.6 is 0 Å². The SMILES string of the molecule is COc1ccccc1N1C(=O)C(=O)/C(=C(\O)c2ccc3c(c2)N(C)CCO3)C1c1ccc(O)cc1. The number of carbonyl (C=O) groups is 2. The Hall–Kier alpha value is -4.46. The smallest absolute Gasteiger partial charge is 0.300 e. The molecule has 0 aliphatic carbocycles. The molecular weight excluding hydrogens is 448 g/mol. The van der Waals surface area contributed by atoms with Gasteiger partial charge in [-0.05, 0) is 48.0 Å². The highest BCUT2D eigenvalue weighted by Crippen LogP contribution is 2.45. The number of nitrogens with zero attached hydrogens (tertiary/aromatic N) is 2. The topological polar surface area (TPSA) is 99.5 Å². The van der Waals surface area contributed by atoms with Crippen LogP contribution < -0.4 is 19.3 Å². The van der Waals surface area contributed by atoms with E-state index in [-0.39, 0.29) is 17.1 Å². The number of hydrogen-bond acceptors (Lipinski definition) is 7. The Morgan fingerprint density at radius 2 is 1.77 bits per heavy atom. The molecule has 8 nitrogen and oxygen atoms in total. The second-order valence-electron chi connectivity index (χ2n) is 8.38. The number of phenolic OH excluding ortho intramolecular Hbond substituents is 1. The van der Waals surface area contributed by atoms with Crippen molar-refractivity contribution in [3.8, 4) is 17.2 Å². The first kappa shape index (κ1) is 22.3. The van der Waals surface area contributed by atoms with E-state index >= 15 is 0 Å². The molecule has 3 aromatic rings. The van der Waals surface area contributed by atoms with Gasteiger partial charge < -0.3 is 24.6 Å². The van der Waals surface area contributed by atoms with Gasteiger partial charge in [0.25, 0.3) is 11.7 Å². The fourth-order valence-corrected chi connectivity index (χ4v) is 4.54. The van der Waals surface area contributed by atoms with Crippen LogP contribution in [0.2, 0.25) is 0 Å². The molecule has 2 heterocycles. The van der Waals surface area contributed by atoms with Crippen LogP contribution in [0.25, 0.3) is 5.76 Å². The minimum Gasteiger partial charge on any atom is -0.508 e. The molecule has 178 valence electrons. The lowest BCUT2D eigenvalue weighted by atomic mass is 9.94. The van der Waals surface area contributed by atoms with Gasteiger partial charge in [0.15, 0.2) is 0 Å². The Morgan fingerprint density at radius 3 is 2.51 bits per heavy atom. The van der Waals surface area contributed by atoms with Gasteiger partial charge in [-0.2, -0.15) is 0 Å². The number of amides is 1. The number of aliphatic hydroxyl groups excluding tert-OH is 1. The van der Waals surface area contributed by atoms with Gasteiger partial charge in [0.2, 0.25) is 0 Å². The third kappa shape index (κ3) is 3.73. The number of carbonyl (C=O) groups excluding carboxylic acids is 2. The van der Waals surface area contributed by atoms with E-state index in [2.05, 4.69) is 0 Å². The first-order valence-corrected chi connectivity index (χ1v) is 11.1. The lowest BCUT2D eigenvalue weighted by molar-refractivity contribution is -0.132.